The molecule has 0 unspecified atom stereocenters. The Bertz CT molecular complexity index is 1010. The summed E-state index contributed by atoms with van der Waals surface area (Å²) in [7, 11) is 0. The Kier molecular flexibility index (Phi) is 6.58. The summed E-state index contributed by atoms with van der Waals surface area (Å²) >= 11 is 0. The molecule has 0 aromatic heterocycles. The second kappa shape index (κ2) is 9.16. The highest BCUT2D eigenvalue weighted by Gasteiger charge is 2.43. The molecule has 2 N–H and O–H groups in total. The van der Waals surface area contributed by atoms with Crippen molar-refractivity contribution in [2.45, 2.75) is 45.2 Å². The van der Waals surface area contributed by atoms with E-state index in [9.17, 15) is 19.2 Å². The number of nitrogens with one attached hydrogen (secondary N) is 2. The van der Waals surface area contributed by atoms with E-state index in [1.165, 1.54) is 0 Å². The van der Waals surface area contributed by atoms with Gasteiger partial charge in [0.1, 0.15) is 5.54 Å². The van der Waals surface area contributed by atoms with Gasteiger partial charge in [0.05, 0.1) is 6.04 Å². The van der Waals surface area contributed by atoms with Gasteiger partial charge in [-0.3, -0.25) is 19.3 Å². The van der Waals surface area contributed by atoms with Crippen LogP contribution in [-0.2, 0) is 19.1 Å². The molecule has 8 nitrogen and oxygen atoms in total. The summed E-state index contributed by atoms with van der Waals surface area (Å²) in [6.07, 6.45) is 0.270. The average Bonchev–Trinajstić information content (AvgIpc) is 2.93. The van der Waals surface area contributed by atoms with E-state index in [-0.39, 0.29) is 37.9 Å². The van der Waals surface area contributed by atoms with E-state index >= 15 is 0 Å². The number of carbonyl (C=O) groups is 4. The van der Waals surface area contributed by atoms with Crippen LogP contribution in [0, 0.1) is 0 Å². The lowest BCUT2D eigenvalue weighted by molar-refractivity contribution is -0.149. The first-order valence-corrected chi connectivity index (χ1v) is 10.3. The van der Waals surface area contributed by atoms with Crippen molar-refractivity contribution in [3.63, 3.8) is 0 Å². The normalized spacial score (nSPS) is 16.2. The minimum atomic E-state index is -0.934. The molecule has 31 heavy (non-hydrogen) atoms. The SMILES string of the molecule is C[C@H](NC(=O)COC(=O)CCCN1C(=O)NC(C)(C)C1=O)c1cccc2ccccc12. The molecule has 2 aromatic carbocycles. The molecule has 1 atom stereocenters. The third kappa shape index (κ3) is 5.20. The summed E-state index contributed by atoms with van der Waals surface area (Å²) in [5, 5.41) is 7.56. The summed E-state index contributed by atoms with van der Waals surface area (Å²) in [6, 6.07) is 13.1. The molecule has 1 heterocycles. The van der Waals surface area contributed by atoms with Crippen LogP contribution in [0.25, 0.3) is 10.8 Å². The number of urea groups is 1. The summed E-state index contributed by atoms with van der Waals surface area (Å²) in [6.45, 7) is 4.86. The maximum absolute atomic E-state index is 12.2. The highest BCUT2D eigenvalue weighted by atomic mass is 16.5. The topological polar surface area (TPSA) is 105 Å². The summed E-state index contributed by atoms with van der Waals surface area (Å²) in [5.41, 5.74) is 0.0467. The number of fused-ring (bicyclic) bond motifs is 1. The molecular weight excluding hydrogens is 398 g/mol. The van der Waals surface area contributed by atoms with Crippen molar-refractivity contribution >= 4 is 34.6 Å². The van der Waals surface area contributed by atoms with Crippen LogP contribution in [0.2, 0.25) is 0 Å². The fourth-order valence-electron chi connectivity index (χ4n) is 3.61. The van der Waals surface area contributed by atoms with E-state index in [1.54, 1.807) is 13.8 Å². The monoisotopic (exact) mass is 425 g/mol. The first kappa shape index (κ1) is 22.3. The molecule has 0 saturated carbocycles. The first-order valence-electron chi connectivity index (χ1n) is 10.3. The fourth-order valence-corrected chi connectivity index (χ4v) is 3.61. The average molecular weight is 425 g/mol. The van der Waals surface area contributed by atoms with Gasteiger partial charge in [0.15, 0.2) is 6.61 Å². The Morgan fingerprint density at radius 1 is 1.13 bits per heavy atom. The van der Waals surface area contributed by atoms with Gasteiger partial charge >= 0.3 is 12.0 Å². The predicted octanol–water partition coefficient (Wildman–Crippen LogP) is 2.67. The van der Waals surface area contributed by atoms with Gasteiger partial charge in [-0.2, -0.15) is 0 Å². The van der Waals surface area contributed by atoms with Gasteiger partial charge in [0.2, 0.25) is 0 Å². The second-order valence-corrected chi connectivity index (χ2v) is 8.13. The van der Waals surface area contributed by atoms with Gasteiger partial charge in [-0.05, 0) is 43.5 Å². The molecular formula is C23H27N3O5. The van der Waals surface area contributed by atoms with Crippen LogP contribution in [0.3, 0.4) is 0 Å². The van der Waals surface area contributed by atoms with E-state index in [4.69, 9.17) is 4.74 Å². The number of carbonyl (C=O) groups excluding carboxylic acids is 4. The lowest BCUT2D eigenvalue weighted by Crippen LogP contribution is -2.40. The van der Waals surface area contributed by atoms with Gasteiger partial charge in [0, 0.05) is 13.0 Å². The van der Waals surface area contributed by atoms with E-state index in [2.05, 4.69) is 10.6 Å². The zero-order chi connectivity index (χ0) is 22.6. The van der Waals surface area contributed by atoms with E-state index < -0.39 is 23.4 Å². The van der Waals surface area contributed by atoms with Crippen molar-refractivity contribution in [2.24, 2.45) is 0 Å². The van der Waals surface area contributed by atoms with Crippen molar-refractivity contribution in [3.05, 3.63) is 48.0 Å². The molecule has 1 aliphatic heterocycles. The number of imide groups is 1. The lowest BCUT2D eigenvalue weighted by atomic mass is 10.00. The number of ether oxygens (including phenoxy) is 1. The smallest absolute Gasteiger partial charge is 0.325 e. The second-order valence-electron chi connectivity index (χ2n) is 8.13. The quantitative estimate of drug-likeness (QED) is 0.500. The van der Waals surface area contributed by atoms with Crippen LogP contribution in [-0.4, -0.2) is 47.4 Å². The Hall–Kier alpha value is -3.42. The Balaban J connectivity index is 1.43. The number of esters is 1. The van der Waals surface area contributed by atoms with Gasteiger partial charge in [-0.25, -0.2) is 4.79 Å². The van der Waals surface area contributed by atoms with Gasteiger partial charge in [-0.1, -0.05) is 42.5 Å². The molecule has 1 saturated heterocycles. The highest BCUT2D eigenvalue weighted by Crippen LogP contribution is 2.24. The molecule has 0 aliphatic carbocycles. The zero-order valence-corrected chi connectivity index (χ0v) is 17.9. The molecule has 0 bridgehead atoms. The number of nitrogens with zero attached hydrogens (tertiary/aromatic N) is 1. The number of rotatable bonds is 8. The third-order valence-corrected chi connectivity index (χ3v) is 5.24. The molecule has 3 rings (SSSR count). The summed E-state index contributed by atoms with van der Waals surface area (Å²) in [4.78, 5) is 49.2. The fraction of sp³-hybridized carbons (Fsp3) is 0.391. The highest BCUT2D eigenvalue weighted by molar-refractivity contribution is 6.06. The standard InChI is InChI=1S/C23H27N3O5/c1-15(17-11-6-9-16-8-4-5-10-18(16)17)24-19(27)14-31-20(28)12-7-13-26-21(29)23(2,3)25-22(26)30/h4-6,8-11,15H,7,12-14H2,1-3H3,(H,24,27)(H,25,30)/t15-/m0/s1. The van der Waals surface area contributed by atoms with Crippen LogP contribution >= 0.6 is 0 Å². The molecule has 164 valence electrons. The molecule has 1 aliphatic rings. The molecule has 1 fully saturated rings. The van der Waals surface area contributed by atoms with Crippen molar-refractivity contribution in [2.75, 3.05) is 13.2 Å². The van der Waals surface area contributed by atoms with Crippen LogP contribution < -0.4 is 10.6 Å². The lowest BCUT2D eigenvalue weighted by Gasteiger charge is -2.17. The number of hydrogen-bond acceptors (Lipinski definition) is 5. The number of hydrogen-bond donors (Lipinski definition) is 2. The van der Waals surface area contributed by atoms with Crippen molar-refractivity contribution in [3.8, 4) is 0 Å². The Morgan fingerprint density at radius 2 is 1.84 bits per heavy atom. The minimum Gasteiger partial charge on any atom is -0.456 e. The van der Waals surface area contributed by atoms with Gasteiger partial charge in [-0.15, -0.1) is 0 Å². The summed E-state index contributed by atoms with van der Waals surface area (Å²) in [5.74, 6) is -1.28. The van der Waals surface area contributed by atoms with Crippen LogP contribution in [0.4, 0.5) is 4.79 Å². The van der Waals surface area contributed by atoms with E-state index in [0.717, 1.165) is 21.2 Å². The number of benzene rings is 2. The molecule has 0 spiro atoms. The molecule has 2 aromatic rings. The first-order chi connectivity index (χ1) is 14.7. The largest absolute Gasteiger partial charge is 0.456 e. The van der Waals surface area contributed by atoms with Crippen LogP contribution in [0.1, 0.15) is 45.2 Å². The predicted molar refractivity (Wildman–Crippen MR) is 115 cm³/mol. The molecule has 0 radical (unpaired) electrons. The zero-order valence-electron chi connectivity index (χ0n) is 17.9. The van der Waals surface area contributed by atoms with Crippen LogP contribution in [0.15, 0.2) is 42.5 Å². The molecule has 8 heteroatoms. The summed E-state index contributed by atoms with van der Waals surface area (Å²) < 4.78 is 5.03. The maximum atomic E-state index is 12.2. The van der Waals surface area contributed by atoms with Gasteiger partial charge in [0.25, 0.3) is 11.8 Å². The van der Waals surface area contributed by atoms with E-state index in [1.807, 2.05) is 49.4 Å². The maximum Gasteiger partial charge on any atom is 0.325 e. The molecule has 4 amide bonds. The minimum absolute atomic E-state index is 0.00362. The van der Waals surface area contributed by atoms with Crippen LogP contribution in [0.5, 0.6) is 0 Å². The van der Waals surface area contributed by atoms with E-state index in [0.29, 0.717) is 0 Å². The van der Waals surface area contributed by atoms with Crippen molar-refractivity contribution in [1.29, 1.82) is 0 Å². The van der Waals surface area contributed by atoms with Gasteiger partial charge < -0.3 is 15.4 Å². The Labute approximate surface area is 180 Å². The Morgan fingerprint density at radius 3 is 2.55 bits per heavy atom. The number of amides is 4. The third-order valence-electron chi connectivity index (χ3n) is 5.24. The van der Waals surface area contributed by atoms with Crippen molar-refractivity contribution < 1.29 is 23.9 Å². The van der Waals surface area contributed by atoms with Crippen molar-refractivity contribution in [1.82, 2.24) is 15.5 Å².